The first kappa shape index (κ1) is 18.0. The molecule has 34 heavy (non-hydrogen) atoms. The first-order valence-corrected chi connectivity index (χ1v) is 13.2. The Bertz CT molecular complexity index is 1240. The Morgan fingerprint density at radius 2 is 2.00 bits per heavy atom. The van der Waals surface area contributed by atoms with E-state index in [9.17, 15) is 13.0 Å². The fourth-order valence-corrected chi connectivity index (χ4v) is 9.08. The van der Waals surface area contributed by atoms with Crippen molar-refractivity contribution >= 4 is 0 Å². The molecule has 5 nitrogen and oxygen atoms in total. The summed E-state index contributed by atoms with van der Waals surface area (Å²) in [5.74, 6) is -0.204. The highest BCUT2D eigenvalue weighted by molar-refractivity contribution is 5.63. The van der Waals surface area contributed by atoms with Gasteiger partial charge in [-0.3, -0.25) is 4.90 Å². The van der Waals surface area contributed by atoms with E-state index in [-0.39, 0.29) is 35.7 Å². The summed E-state index contributed by atoms with van der Waals surface area (Å²) >= 11 is 0. The Balaban J connectivity index is 1.52. The molecule has 7 atom stereocenters. The van der Waals surface area contributed by atoms with Crippen molar-refractivity contribution in [1.29, 1.82) is 0 Å². The van der Waals surface area contributed by atoms with Gasteiger partial charge >= 0.3 is 0 Å². The molecule has 0 amide bonds. The van der Waals surface area contributed by atoms with Crippen LogP contribution in [0.15, 0.2) is 12.1 Å². The SMILES string of the molecule is [2H]c1c([2H])c2c3c(c1O)OC1[C@@]4(OC)CC[C@@]5(C[C@@H]4[C@](C)(O)C(C)(C)C)[C@@H](C2)N(C([2H])([2H])C2CC2)CC[C@]315. The zero-order valence-electron chi connectivity index (χ0n) is 25.1. The van der Waals surface area contributed by atoms with Gasteiger partial charge in [-0.25, -0.2) is 0 Å². The third kappa shape index (κ3) is 2.25. The van der Waals surface area contributed by atoms with E-state index in [2.05, 4.69) is 25.7 Å². The van der Waals surface area contributed by atoms with Gasteiger partial charge in [-0.05, 0) is 81.4 Å². The van der Waals surface area contributed by atoms with Crippen molar-refractivity contribution in [3.63, 3.8) is 0 Å². The standard InChI is InChI=1S/C29H41NO4/c1-25(2,3)26(4,32)20-15-27-10-11-29(20,33-5)24-28(27)12-13-30(16-17-6-7-17)21(27)14-18-8-9-19(31)23(34-24)22(18)28/h8-9,17,20-21,24,31-32H,6-7,10-16H2,1-5H3/t20-,21-,24?,26+,27-,28+,29-/m1/s1/i8D,9D,16D2. The zero-order valence-corrected chi connectivity index (χ0v) is 21.1. The van der Waals surface area contributed by atoms with Crippen LogP contribution in [0.25, 0.3) is 0 Å². The fraction of sp³-hybridized carbons (Fsp3) is 0.793. The summed E-state index contributed by atoms with van der Waals surface area (Å²) in [6, 6.07) is -0.376. The number of fused-ring (bicyclic) bond motifs is 2. The summed E-state index contributed by atoms with van der Waals surface area (Å²) in [5, 5.41) is 23.4. The number of phenolic OH excluding ortho intramolecular Hbond substituents is 1. The zero-order chi connectivity index (χ0) is 27.4. The van der Waals surface area contributed by atoms with Crippen molar-refractivity contribution in [2.75, 3.05) is 20.2 Å². The lowest BCUT2D eigenvalue weighted by Gasteiger charge is -2.75. The normalized spacial score (nSPS) is 46.0. The summed E-state index contributed by atoms with van der Waals surface area (Å²) in [7, 11) is 1.71. The Morgan fingerprint density at radius 3 is 2.68 bits per heavy atom. The van der Waals surface area contributed by atoms with Crippen molar-refractivity contribution in [1.82, 2.24) is 4.90 Å². The predicted molar refractivity (Wildman–Crippen MR) is 130 cm³/mol. The van der Waals surface area contributed by atoms with Crippen molar-refractivity contribution < 1.29 is 25.2 Å². The van der Waals surface area contributed by atoms with E-state index in [4.69, 9.17) is 12.2 Å². The summed E-state index contributed by atoms with van der Waals surface area (Å²) < 4.78 is 49.2. The van der Waals surface area contributed by atoms with E-state index in [0.717, 1.165) is 30.4 Å². The molecule has 2 heterocycles. The maximum Gasteiger partial charge on any atom is 0.165 e. The molecule has 8 rings (SSSR count). The molecule has 4 bridgehead atoms. The number of ether oxygens (including phenoxy) is 2. The molecule has 1 aromatic carbocycles. The number of methoxy groups -OCH3 is 1. The monoisotopic (exact) mass is 471 g/mol. The second-order valence-corrected chi connectivity index (χ2v) is 13.3. The number of hydrogen-bond donors (Lipinski definition) is 2. The van der Waals surface area contributed by atoms with Crippen LogP contribution in [-0.4, -0.2) is 58.6 Å². The quantitative estimate of drug-likeness (QED) is 0.681. The van der Waals surface area contributed by atoms with E-state index in [1.165, 1.54) is 0 Å². The molecule has 2 N–H and O–H groups in total. The van der Waals surface area contributed by atoms with Gasteiger partial charge in [-0.2, -0.15) is 0 Å². The third-order valence-corrected chi connectivity index (χ3v) is 11.3. The lowest BCUT2D eigenvalue weighted by atomic mass is 9.33. The molecule has 5 aliphatic carbocycles. The molecular weight excluding hydrogens is 426 g/mol. The van der Waals surface area contributed by atoms with Crippen LogP contribution in [0.4, 0.5) is 0 Å². The predicted octanol–water partition coefficient (Wildman–Crippen LogP) is 4.41. The average molecular weight is 472 g/mol. The maximum atomic E-state index is 12.3. The van der Waals surface area contributed by atoms with Gasteiger partial charge in [-0.15, -0.1) is 0 Å². The van der Waals surface area contributed by atoms with Crippen molar-refractivity contribution in [2.24, 2.45) is 22.7 Å². The number of hydrogen-bond acceptors (Lipinski definition) is 5. The molecular formula is C29H41NO4. The summed E-state index contributed by atoms with van der Waals surface area (Å²) in [6.07, 6.45) is 4.56. The Labute approximate surface area is 209 Å². The van der Waals surface area contributed by atoms with Gasteiger partial charge in [0.15, 0.2) is 11.5 Å². The fourth-order valence-electron chi connectivity index (χ4n) is 9.08. The van der Waals surface area contributed by atoms with Gasteiger partial charge in [0.05, 0.1) is 8.34 Å². The molecule has 2 aliphatic heterocycles. The maximum absolute atomic E-state index is 12.3. The van der Waals surface area contributed by atoms with Crippen LogP contribution in [0.3, 0.4) is 0 Å². The van der Waals surface area contributed by atoms with Gasteiger partial charge in [-0.1, -0.05) is 26.8 Å². The Hall–Kier alpha value is -1.30. The summed E-state index contributed by atoms with van der Waals surface area (Å²) in [4.78, 5) is 2.10. The molecule has 5 fully saturated rings. The van der Waals surface area contributed by atoms with Crippen LogP contribution in [0.1, 0.15) is 82.8 Å². The van der Waals surface area contributed by atoms with E-state index >= 15 is 0 Å². The lowest BCUT2D eigenvalue weighted by molar-refractivity contribution is -0.312. The van der Waals surface area contributed by atoms with Gasteiger partial charge in [0.25, 0.3) is 0 Å². The second-order valence-electron chi connectivity index (χ2n) is 13.3. The largest absolute Gasteiger partial charge is 0.504 e. The molecule has 1 aromatic rings. The highest BCUT2D eigenvalue weighted by atomic mass is 16.6. The third-order valence-electron chi connectivity index (χ3n) is 11.3. The molecule has 1 saturated heterocycles. The molecule has 186 valence electrons. The number of phenols is 1. The smallest absolute Gasteiger partial charge is 0.165 e. The van der Waals surface area contributed by atoms with Crippen LogP contribution >= 0.6 is 0 Å². The topological polar surface area (TPSA) is 62.2 Å². The number of benzene rings is 1. The number of piperidine rings is 1. The van der Waals surface area contributed by atoms with Crippen molar-refractivity contribution in [3.8, 4) is 11.5 Å². The van der Waals surface area contributed by atoms with Crippen LogP contribution in [0, 0.1) is 22.7 Å². The van der Waals surface area contributed by atoms with E-state index in [0.29, 0.717) is 38.0 Å². The lowest BCUT2D eigenvalue weighted by Crippen LogP contribution is -2.83. The first-order chi connectivity index (χ1) is 17.6. The number of likely N-dealkylation sites (tertiary alicyclic amines) is 1. The molecule has 4 saturated carbocycles. The first-order valence-electron chi connectivity index (χ1n) is 15.2. The van der Waals surface area contributed by atoms with E-state index in [1.54, 1.807) is 7.11 Å². The minimum Gasteiger partial charge on any atom is -0.504 e. The Morgan fingerprint density at radius 1 is 1.24 bits per heavy atom. The molecule has 7 aliphatic rings. The average Bonchev–Trinajstić information content (AvgIpc) is 3.65. The Kier molecular flexibility index (Phi) is 3.36. The number of nitrogens with zero attached hydrogens (tertiary/aromatic N) is 1. The van der Waals surface area contributed by atoms with Crippen LogP contribution in [0.5, 0.6) is 11.5 Å². The van der Waals surface area contributed by atoms with Gasteiger partial charge < -0.3 is 19.7 Å². The molecule has 1 unspecified atom stereocenters. The van der Waals surface area contributed by atoms with Crippen LogP contribution in [-0.2, 0) is 16.6 Å². The van der Waals surface area contributed by atoms with Gasteiger partial charge in [0, 0.05) is 44.7 Å². The molecule has 5 heteroatoms. The van der Waals surface area contributed by atoms with Gasteiger partial charge in [0.2, 0.25) is 0 Å². The highest BCUT2D eigenvalue weighted by Gasteiger charge is 2.82. The van der Waals surface area contributed by atoms with Crippen LogP contribution in [0.2, 0.25) is 0 Å². The minimum atomic E-state index is -1.45. The minimum absolute atomic E-state index is 0.0151. The molecule has 2 spiro atoms. The summed E-state index contributed by atoms with van der Waals surface area (Å²) in [5.41, 5.74) is -1.72. The second kappa shape index (κ2) is 6.33. The number of aliphatic hydroxyl groups is 1. The number of rotatable bonds is 4. The van der Waals surface area contributed by atoms with Crippen molar-refractivity contribution in [2.45, 2.75) is 101 Å². The van der Waals surface area contributed by atoms with E-state index in [1.807, 2.05) is 6.92 Å². The van der Waals surface area contributed by atoms with Gasteiger partial charge in [0.1, 0.15) is 11.7 Å². The van der Waals surface area contributed by atoms with E-state index < -0.39 is 40.0 Å². The van der Waals surface area contributed by atoms with Crippen molar-refractivity contribution in [3.05, 3.63) is 23.2 Å². The number of aromatic hydroxyl groups is 1. The highest BCUT2D eigenvalue weighted by Crippen LogP contribution is 2.78. The van der Waals surface area contributed by atoms with Crippen LogP contribution < -0.4 is 4.74 Å². The molecule has 0 aromatic heterocycles. The summed E-state index contributed by atoms with van der Waals surface area (Å²) in [6.45, 7) is 7.20. The molecule has 0 radical (unpaired) electrons.